The van der Waals surface area contributed by atoms with Crippen molar-refractivity contribution in [1.29, 1.82) is 0 Å². The lowest BCUT2D eigenvalue weighted by molar-refractivity contribution is -0.114. The minimum absolute atomic E-state index is 0. The Morgan fingerprint density at radius 1 is 1.42 bits per heavy atom. The van der Waals surface area contributed by atoms with Crippen molar-refractivity contribution in [3.05, 3.63) is 24.5 Å². The van der Waals surface area contributed by atoms with Crippen molar-refractivity contribution in [3.8, 4) is 0 Å². The van der Waals surface area contributed by atoms with Crippen molar-refractivity contribution in [2.45, 2.75) is 46.5 Å². The minimum Gasteiger partial charge on any atom is -0.357 e. The van der Waals surface area contributed by atoms with E-state index in [1.54, 1.807) is 18.5 Å². The van der Waals surface area contributed by atoms with Gasteiger partial charge in [0.15, 0.2) is 5.96 Å². The van der Waals surface area contributed by atoms with Crippen LogP contribution in [0.4, 0.5) is 5.69 Å². The van der Waals surface area contributed by atoms with E-state index in [4.69, 9.17) is 0 Å². The molecule has 2 N–H and O–H groups in total. The molecule has 1 aliphatic rings. The summed E-state index contributed by atoms with van der Waals surface area (Å²) >= 11 is 0. The SMILES string of the molecule is CCCC1(C)CCCN(C(=NCC(=O)Nc2cccnc2)NCC)C1.I. The summed E-state index contributed by atoms with van der Waals surface area (Å²) in [4.78, 5) is 23.0. The number of halogens is 1. The number of rotatable bonds is 6. The van der Waals surface area contributed by atoms with E-state index in [0.29, 0.717) is 11.1 Å². The Morgan fingerprint density at radius 3 is 2.88 bits per heavy atom. The second-order valence-electron chi connectivity index (χ2n) is 7.05. The molecule has 146 valence electrons. The van der Waals surface area contributed by atoms with Gasteiger partial charge in [-0.1, -0.05) is 20.3 Å². The number of amides is 1. The zero-order valence-electron chi connectivity index (χ0n) is 16.1. The summed E-state index contributed by atoms with van der Waals surface area (Å²) in [6.07, 6.45) is 8.17. The quantitative estimate of drug-likeness (QED) is 0.377. The number of guanidine groups is 1. The van der Waals surface area contributed by atoms with Crippen LogP contribution in [0.25, 0.3) is 0 Å². The van der Waals surface area contributed by atoms with Gasteiger partial charge in [-0.05, 0) is 43.7 Å². The van der Waals surface area contributed by atoms with Gasteiger partial charge in [0.2, 0.25) is 5.91 Å². The lowest BCUT2D eigenvalue weighted by atomic mass is 9.78. The lowest BCUT2D eigenvalue weighted by Gasteiger charge is -2.42. The number of piperidine rings is 1. The second kappa shape index (κ2) is 11.4. The molecule has 0 aromatic carbocycles. The molecule has 1 aromatic heterocycles. The first kappa shape index (κ1) is 22.7. The highest BCUT2D eigenvalue weighted by atomic mass is 127. The molecule has 0 radical (unpaired) electrons. The molecule has 1 amide bonds. The molecule has 1 saturated heterocycles. The number of nitrogens with one attached hydrogen (secondary N) is 2. The fourth-order valence-electron chi connectivity index (χ4n) is 3.51. The molecule has 26 heavy (non-hydrogen) atoms. The third-order valence-electron chi connectivity index (χ3n) is 4.59. The molecule has 1 aliphatic heterocycles. The van der Waals surface area contributed by atoms with Crippen molar-refractivity contribution in [2.75, 3.05) is 31.5 Å². The summed E-state index contributed by atoms with van der Waals surface area (Å²) < 4.78 is 0. The first-order valence-corrected chi connectivity index (χ1v) is 9.29. The topological polar surface area (TPSA) is 69.6 Å². The van der Waals surface area contributed by atoms with Gasteiger partial charge in [-0.15, -0.1) is 24.0 Å². The first-order valence-electron chi connectivity index (χ1n) is 9.29. The van der Waals surface area contributed by atoms with Gasteiger partial charge >= 0.3 is 0 Å². The monoisotopic (exact) mass is 473 g/mol. The van der Waals surface area contributed by atoms with Crippen LogP contribution in [-0.4, -0.2) is 47.9 Å². The Kier molecular flexibility index (Phi) is 9.90. The Bertz CT molecular complexity index is 577. The molecule has 7 heteroatoms. The first-order chi connectivity index (χ1) is 12.1. The van der Waals surface area contributed by atoms with Gasteiger partial charge in [-0.2, -0.15) is 0 Å². The van der Waals surface area contributed by atoms with Gasteiger partial charge in [-0.25, -0.2) is 4.99 Å². The summed E-state index contributed by atoms with van der Waals surface area (Å²) in [6.45, 7) is 9.56. The van der Waals surface area contributed by atoms with Crippen molar-refractivity contribution in [1.82, 2.24) is 15.2 Å². The van der Waals surface area contributed by atoms with Gasteiger partial charge in [0, 0.05) is 25.8 Å². The number of pyridine rings is 1. The van der Waals surface area contributed by atoms with Crippen molar-refractivity contribution in [3.63, 3.8) is 0 Å². The van der Waals surface area contributed by atoms with Crippen molar-refractivity contribution >= 4 is 41.5 Å². The summed E-state index contributed by atoms with van der Waals surface area (Å²) in [5.41, 5.74) is 1.03. The molecular formula is C19H32IN5O. The smallest absolute Gasteiger partial charge is 0.246 e. The Labute approximate surface area is 174 Å². The highest BCUT2D eigenvalue weighted by Gasteiger charge is 2.31. The van der Waals surface area contributed by atoms with Gasteiger partial charge < -0.3 is 15.5 Å². The maximum absolute atomic E-state index is 12.1. The van der Waals surface area contributed by atoms with Crippen LogP contribution in [0.15, 0.2) is 29.5 Å². The van der Waals surface area contributed by atoms with E-state index in [9.17, 15) is 4.79 Å². The number of aliphatic imine (C=N–C) groups is 1. The minimum atomic E-state index is -0.128. The number of anilines is 1. The van der Waals surface area contributed by atoms with E-state index < -0.39 is 0 Å². The number of carbonyl (C=O) groups is 1. The average Bonchev–Trinajstić information content (AvgIpc) is 2.59. The van der Waals surface area contributed by atoms with Crippen LogP contribution in [0.5, 0.6) is 0 Å². The molecule has 1 unspecified atom stereocenters. The molecule has 0 aliphatic carbocycles. The highest BCUT2D eigenvalue weighted by molar-refractivity contribution is 14.0. The predicted octanol–water partition coefficient (Wildman–Crippen LogP) is 3.51. The van der Waals surface area contributed by atoms with Gasteiger partial charge in [0.25, 0.3) is 0 Å². The molecule has 0 bridgehead atoms. The van der Waals surface area contributed by atoms with Gasteiger partial charge in [-0.3, -0.25) is 9.78 Å². The molecular weight excluding hydrogens is 441 g/mol. The Morgan fingerprint density at radius 2 is 2.23 bits per heavy atom. The number of nitrogens with zero attached hydrogens (tertiary/aromatic N) is 3. The van der Waals surface area contributed by atoms with E-state index in [1.807, 2.05) is 6.07 Å². The van der Waals surface area contributed by atoms with Crippen LogP contribution in [0.2, 0.25) is 0 Å². The highest BCUT2D eigenvalue weighted by Crippen LogP contribution is 2.33. The Balaban J connectivity index is 0.00000338. The molecule has 1 aromatic rings. The number of aromatic nitrogens is 1. The average molecular weight is 473 g/mol. The van der Waals surface area contributed by atoms with Crippen LogP contribution in [0, 0.1) is 5.41 Å². The zero-order chi connectivity index (χ0) is 18.1. The third-order valence-corrected chi connectivity index (χ3v) is 4.59. The lowest BCUT2D eigenvalue weighted by Crippen LogP contribution is -2.50. The fourth-order valence-corrected chi connectivity index (χ4v) is 3.51. The summed E-state index contributed by atoms with van der Waals surface area (Å²) in [7, 11) is 0. The maximum atomic E-state index is 12.1. The zero-order valence-corrected chi connectivity index (χ0v) is 18.5. The normalized spacial score (nSPS) is 20.3. The standard InChI is InChI=1S/C19H31N5O.HI/c1-4-9-19(3)10-7-12-24(15-19)18(21-5-2)22-14-17(25)23-16-8-6-11-20-13-16;/h6,8,11,13H,4-5,7,9-10,12,14-15H2,1-3H3,(H,21,22)(H,23,25);1H. The number of hydrogen-bond donors (Lipinski definition) is 2. The summed E-state index contributed by atoms with van der Waals surface area (Å²) in [6, 6.07) is 3.62. The van der Waals surface area contributed by atoms with Crippen LogP contribution < -0.4 is 10.6 Å². The van der Waals surface area contributed by atoms with E-state index >= 15 is 0 Å². The summed E-state index contributed by atoms with van der Waals surface area (Å²) in [5, 5.41) is 6.16. The van der Waals surface area contributed by atoms with Crippen LogP contribution in [0.3, 0.4) is 0 Å². The van der Waals surface area contributed by atoms with Crippen molar-refractivity contribution < 1.29 is 4.79 Å². The second-order valence-corrected chi connectivity index (χ2v) is 7.05. The van der Waals surface area contributed by atoms with Gasteiger partial charge in [0.05, 0.1) is 11.9 Å². The molecule has 0 spiro atoms. The number of hydrogen-bond acceptors (Lipinski definition) is 3. The molecule has 1 fully saturated rings. The molecule has 0 saturated carbocycles. The van der Waals surface area contributed by atoms with Crippen LogP contribution in [0.1, 0.15) is 46.5 Å². The largest absolute Gasteiger partial charge is 0.357 e. The molecule has 6 nitrogen and oxygen atoms in total. The number of likely N-dealkylation sites (tertiary alicyclic amines) is 1. The predicted molar refractivity (Wildman–Crippen MR) is 118 cm³/mol. The fraction of sp³-hybridized carbons (Fsp3) is 0.632. The van der Waals surface area contributed by atoms with Crippen molar-refractivity contribution in [2.24, 2.45) is 10.4 Å². The van der Waals surface area contributed by atoms with Crippen LogP contribution in [-0.2, 0) is 4.79 Å². The number of carbonyl (C=O) groups excluding carboxylic acids is 1. The van der Waals surface area contributed by atoms with E-state index in [2.05, 4.69) is 46.3 Å². The molecule has 1 atom stereocenters. The van der Waals surface area contributed by atoms with E-state index in [-0.39, 0.29) is 36.4 Å². The van der Waals surface area contributed by atoms with Gasteiger partial charge in [0.1, 0.15) is 6.54 Å². The maximum Gasteiger partial charge on any atom is 0.246 e. The summed E-state index contributed by atoms with van der Waals surface area (Å²) in [5.74, 6) is 0.711. The molecule has 2 rings (SSSR count). The Hall–Kier alpha value is -1.38. The molecule has 2 heterocycles. The van der Waals surface area contributed by atoms with Crippen LogP contribution >= 0.6 is 24.0 Å². The van der Waals surface area contributed by atoms with E-state index in [1.165, 1.54) is 25.7 Å². The third kappa shape index (κ3) is 7.09. The van der Waals surface area contributed by atoms with E-state index in [0.717, 1.165) is 25.6 Å².